The molecule has 10 nitrogen and oxygen atoms in total. The van der Waals surface area contributed by atoms with E-state index in [1.807, 2.05) is 18.2 Å². The van der Waals surface area contributed by atoms with E-state index < -0.39 is 11.5 Å². The van der Waals surface area contributed by atoms with Crippen LogP contribution < -0.4 is 15.6 Å². The molecule has 2 N–H and O–H groups in total. The maximum Gasteiger partial charge on any atom is 0.275 e. The summed E-state index contributed by atoms with van der Waals surface area (Å²) < 4.78 is 6.47. The highest BCUT2D eigenvalue weighted by molar-refractivity contribution is 6.03. The molecule has 32 heavy (non-hydrogen) atoms. The topological polar surface area (TPSA) is 139 Å². The van der Waals surface area contributed by atoms with Gasteiger partial charge in [0.05, 0.1) is 13.3 Å². The number of rotatable bonds is 6. The van der Waals surface area contributed by atoms with Crippen LogP contribution >= 0.6 is 0 Å². The van der Waals surface area contributed by atoms with Gasteiger partial charge in [-0.15, -0.1) is 0 Å². The Balaban J connectivity index is 1.61. The van der Waals surface area contributed by atoms with E-state index in [0.717, 1.165) is 11.6 Å². The molecule has 0 unspecified atom stereocenters. The molecule has 0 aliphatic carbocycles. The normalized spacial score (nSPS) is 10.4. The summed E-state index contributed by atoms with van der Waals surface area (Å²) in [7, 11) is 1.58. The van der Waals surface area contributed by atoms with Crippen LogP contribution in [0.5, 0.6) is 5.75 Å². The average molecular weight is 427 g/mol. The number of carbonyl (C=O) groups excluding carboxylic acids is 1. The Morgan fingerprint density at radius 1 is 1.25 bits per heavy atom. The third kappa shape index (κ3) is 4.36. The predicted molar refractivity (Wildman–Crippen MR) is 115 cm³/mol. The van der Waals surface area contributed by atoms with Crippen molar-refractivity contribution in [2.24, 2.45) is 0 Å². The number of nitrogens with zero attached hydrogens (tertiary/aromatic N) is 5. The summed E-state index contributed by atoms with van der Waals surface area (Å²) >= 11 is 0. The summed E-state index contributed by atoms with van der Waals surface area (Å²) in [4.78, 5) is 36.1. The minimum atomic E-state index is -0.652. The van der Waals surface area contributed by atoms with Gasteiger partial charge >= 0.3 is 0 Å². The first-order valence-corrected chi connectivity index (χ1v) is 9.51. The fourth-order valence-corrected chi connectivity index (χ4v) is 3.02. The predicted octanol–water partition coefficient (Wildman–Crippen LogP) is 2.07. The number of aromatic nitrogens is 5. The lowest BCUT2D eigenvalue weighted by molar-refractivity contribution is 0.102. The highest BCUT2D eigenvalue weighted by Crippen LogP contribution is 2.19. The van der Waals surface area contributed by atoms with Crippen LogP contribution in [-0.4, -0.2) is 37.7 Å². The Morgan fingerprint density at radius 3 is 2.75 bits per heavy atom. The highest BCUT2D eigenvalue weighted by atomic mass is 16.5. The van der Waals surface area contributed by atoms with E-state index in [-0.39, 0.29) is 17.1 Å². The second-order valence-corrected chi connectivity index (χ2v) is 6.67. The van der Waals surface area contributed by atoms with Crippen molar-refractivity contribution in [3.8, 4) is 17.6 Å². The largest absolute Gasteiger partial charge is 0.497 e. The van der Waals surface area contributed by atoms with E-state index in [1.165, 1.54) is 10.9 Å². The number of amides is 1. The van der Waals surface area contributed by atoms with E-state index in [0.29, 0.717) is 23.8 Å². The molecule has 0 saturated heterocycles. The van der Waals surface area contributed by atoms with Crippen molar-refractivity contribution in [3.05, 3.63) is 93.9 Å². The van der Waals surface area contributed by atoms with Crippen molar-refractivity contribution in [2.75, 3.05) is 12.4 Å². The van der Waals surface area contributed by atoms with Gasteiger partial charge < -0.3 is 15.0 Å². The Bertz CT molecular complexity index is 1350. The molecule has 4 rings (SSSR count). The molecule has 0 saturated carbocycles. The van der Waals surface area contributed by atoms with E-state index in [1.54, 1.807) is 43.6 Å². The van der Waals surface area contributed by atoms with Crippen LogP contribution in [0.25, 0.3) is 5.82 Å². The molecule has 3 aromatic heterocycles. The number of nitriles is 1. The minimum Gasteiger partial charge on any atom is -0.497 e. The van der Waals surface area contributed by atoms with Crippen LogP contribution in [-0.2, 0) is 6.42 Å². The highest BCUT2D eigenvalue weighted by Gasteiger charge is 2.18. The fourth-order valence-electron chi connectivity index (χ4n) is 3.02. The molecule has 0 spiro atoms. The van der Waals surface area contributed by atoms with Crippen LogP contribution in [0.1, 0.15) is 27.4 Å². The zero-order chi connectivity index (χ0) is 22.5. The average Bonchev–Trinajstić information content (AvgIpc) is 3.22. The van der Waals surface area contributed by atoms with Crippen molar-refractivity contribution < 1.29 is 9.53 Å². The maximum absolute atomic E-state index is 12.9. The Hall–Kier alpha value is -4.78. The lowest BCUT2D eigenvalue weighted by Crippen LogP contribution is -2.22. The molecule has 1 aromatic carbocycles. The number of pyridine rings is 1. The van der Waals surface area contributed by atoms with E-state index >= 15 is 0 Å². The van der Waals surface area contributed by atoms with E-state index in [4.69, 9.17) is 4.74 Å². The van der Waals surface area contributed by atoms with Crippen molar-refractivity contribution >= 4 is 11.7 Å². The summed E-state index contributed by atoms with van der Waals surface area (Å²) in [6.07, 6.45) is 3.21. The van der Waals surface area contributed by atoms with Gasteiger partial charge in [0.1, 0.15) is 28.9 Å². The van der Waals surface area contributed by atoms with Crippen LogP contribution in [0.2, 0.25) is 0 Å². The second kappa shape index (κ2) is 8.93. The van der Waals surface area contributed by atoms with E-state index in [9.17, 15) is 14.9 Å². The molecule has 0 aliphatic rings. The van der Waals surface area contributed by atoms with E-state index in [2.05, 4.69) is 25.4 Å². The first-order valence-electron chi connectivity index (χ1n) is 9.51. The second-order valence-electron chi connectivity index (χ2n) is 6.67. The first kappa shape index (κ1) is 20.5. The first-order chi connectivity index (χ1) is 15.6. The number of methoxy groups -OCH3 is 1. The molecule has 0 fully saturated rings. The molecule has 0 aliphatic heterocycles. The van der Waals surface area contributed by atoms with Gasteiger partial charge in [-0.1, -0.05) is 18.2 Å². The molecule has 3 heterocycles. The summed E-state index contributed by atoms with van der Waals surface area (Å²) in [6, 6.07) is 15.5. The summed E-state index contributed by atoms with van der Waals surface area (Å²) in [6.45, 7) is 0. The third-order valence-electron chi connectivity index (χ3n) is 4.54. The van der Waals surface area contributed by atoms with Gasteiger partial charge in [-0.2, -0.15) is 15.0 Å². The number of ether oxygens (including phenoxy) is 1. The SMILES string of the molecule is COc1ccc(Cc2nc(C(=O)Nc3c(C#N)cnn3-c3ccccn3)cc(=O)[nH]2)cc1. The zero-order valence-corrected chi connectivity index (χ0v) is 16.9. The Labute approximate surface area is 182 Å². The number of benzene rings is 1. The van der Waals surface area contributed by atoms with Gasteiger partial charge in [0.2, 0.25) is 0 Å². The number of hydrogen-bond acceptors (Lipinski definition) is 7. The molecule has 10 heteroatoms. The molecule has 0 radical (unpaired) electrons. The van der Waals surface area contributed by atoms with Gasteiger partial charge in [-0.3, -0.25) is 9.59 Å². The Kier molecular flexibility index (Phi) is 5.72. The van der Waals surface area contributed by atoms with Gasteiger partial charge in [-0.25, -0.2) is 9.97 Å². The van der Waals surface area contributed by atoms with Crippen molar-refractivity contribution in [1.82, 2.24) is 24.7 Å². The summed E-state index contributed by atoms with van der Waals surface area (Å²) in [5.74, 6) is 0.937. The van der Waals surface area contributed by atoms with Gasteiger partial charge in [-0.05, 0) is 29.8 Å². The van der Waals surface area contributed by atoms with Crippen LogP contribution in [0.3, 0.4) is 0 Å². The molecule has 0 bridgehead atoms. The monoisotopic (exact) mass is 427 g/mol. The number of hydrogen-bond donors (Lipinski definition) is 2. The number of carbonyl (C=O) groups is 1. The smallest absolute Gasteiger partial charge is 0.275 e. The molecule has 1 amide bonds. The standard InChI is InChI=1S/C22H17N7O3/c1-32-16-7-5-14(6-8-16)10-18-26-17(11-20(30)27-18)22(31)28-21-15(12-23)13-25-29(21)19-4-2-3-9-24-19/h2-9,11,13H,10H2,1H3,(H,28,31)(H,26,27,30). The van der Waals surface area contributed by atoms with Crippen molar-refractivity contribution in [3.63, 3.8) is 0 Å². The fraction of sp³-hybridized carbons (Fsp3) is 0.0909. The molecular formula is C22H17N7O3. The number of H-pyrrole nitrogens is 1. The molecule has 0 atom stereocenters. The number of anilines is 1. The lowest BCUT2D eigenvalue weighted by atomic mass is 10.1. The van der Waals surface area contributed by atoms with Gasteiger partial charge in [0, 0.05) is 18.7 Å². The zero-order valence-electron chi connectivity index (χ0n) is 16.9. The lowest BCUT2D eigenvalue weighted by Gasteiger charge is -2.09. The molecule has 158 valence electrons. The van der Waals surface area contributed by atoms with Crippen molar-refractivity contribution in [1.29, 1.82) is 5.26 Å². The molecule has 4 aromatic rings. The minimum absolute atomic E-state index is 0.0880. The van der Waals surface area contributed by atoms with Crippen LogP contribution in [0, 0.1) is 11.3 Å². The summed E-state index contributed by atoms with van der Waals surface area (Å²) in [5.41, 5.74) is 0.473. The van der Waals surface area contributed by atoms with Gasteiger partial charge in [0.25, 0.3) is 11.5 Å². The van der Waals surface area contributed by atoms with Crippen LogP contribution in [0.15, 0.2) is 65.7 Å². The number of aromatic amines is 1. The quantitative estimate of drug-likeness (QED) is 0.480. The van der Waals surface area contributed by atoms with Crippen LogP contribution in [0.4, 0.5) is 5.82 Å². The third-order valence-corrected chi connectivity index (χ3v) is 4.54. The summed E-state index contributed by atoms with van der Waals surface area (Å²) in [5, 5.41) is 16.2. The van der Waals surface area contributed by atoms with Crippen molar-refractivity contribution in [2.45, 2.75) is 6.42 Å². The van der Waals surface area contributed by atoms with Gasteiger partial charge in [0.15, 0.2) is 11.6 Å². The Morgan fingerprint density at radius 2 is 2.06 bits per heavy atom. The molecular weight excluding hydrogens is 410 g/mol. The maximum atomic E-state index is 12.9. The number of nitrogens with one attached hydrogen (secondary N) is 2.